The van der Waals surface area contributed by atoms with E-state index in [-0.39, 0.29) is 0 Å². The Hall–Kier alpha value is -2.15. The van der Waals surface area contributed by atoms with Gasteiger partial charge in [0.2, 0.25) is 0 Å². The number of hydrogen-bond acceptors (Lipinski definition) is 4. The molecule has 0 aromatic carbocycles. The fraction of sp³-hybridized carbons (Fsp3) is 0.364. The average Bonchev–Trinajstić information content (AvgIpc) is 2.37. The summed E-state index contributed by atoms with van der Waals surface area (Å²) in [7, 11) is 0. The third-order valence-corrected chi connectivity index (χ3v) is 2.18. The van der Waals surface area contributed by atoms with Gasteiger partial charge in [0.1, 0.15) is 0 Å². The van der Waals surface area contributed by atoms with Crippen LogP contribution in [0, 0.1) is 0 Å². The molecule has 7 heteroatoms. The number of aliphatic hydroxyl groups excluding tert-OH is 1. The summed E-state index contributed by atoms with van der Waals surface area (Å²) in [6.07, 6.45) is 2.20. The second-order valence-electron chi connectivity index (χ2n) is 3.54. The van der Waals surface area contributed by atoms with Crippen LogP contribution in [0.15, 0.2) is 24.4 Å². The Bertz CT molecular complexity index is 397. The molecule has 0 aliphatic rings. The van der Waals surface area contributed by atoms with Gasteiger partial charge in [-0.15, -0.1) is 0 Å². The molecule has 18 heavy (non-hydrogen) atoms. The van der Waals surface area contributed by atoms with Crippen LogP contribution in [-0.4, -0.2) is 46.4 Å². The minimum atomic E-state index is -1.29. The van der Waals surface area contributed by atoms with Crippen molar-refractivity contribution in [1.82, 2.24) is 15.6 Å². The van der Waals surface area contributed by atoms with E-state index in [0.29, 0.717) is 13.0 Å². The van der Waals surface area contributed by atoms with E-state index in [9.17, 15) is 9.59 Å². The molecular formula is C11H15N3O4. The molecule has 0 radical (unpaired) electrons. The molecule has 0 aliphatic carbocycles. The first-order valence-corrected chi connectivity index (χ1v) is 5.41. The van der Waals surface area contributed by atoms with E-state index in [4.69, 9.17) is 10.2 Å². The van der Waals surface area contributed by atoms with Gasteiger partial charge >= 0.3 is 12.0 Å². The standard InChI is InChI=1S/C11H15N3O4/c15-7-9(10(16)17)14-11(18)13-6-4-8-3-1-2-5-12-8/h1-3,5,9,15H,4,6-7H2,(H,16,17)(H2,13,14,18)/t9-/m0/s1. The minimum absolute atomic E-state index is 0.334. The van der Waals surface area contributed by atoms with Gasteiger partial charge in [-0.3, -0.25) is 4.98 Å². The van der Waals surface area contributed by atoms with Crippen LogP contribution < -0.4 is 10.6 Å². The second-order valence-corrected chi connectivity index (χ2v) is 3.54. The number of urea groups is 1. The van der Waals surface area contributed by atoms with Gasteiger partial charge in [-0.05, 0) is 12.1 Å². The van der Waals surface area contributed by atoms with Crippen LogP contribution in [0.5, 0.6) is 0 Å². The van der Waals surface area contributed by atoms with Crippen molar-refractivity contribution >= 4 is 12.0 Å². The molecule has 1 aromatic heterocycles. The number of aliphatic carboxylic acids is 1. The summed E-state index contributed by atoms with van der Waals surface area (Å²) in [5, 5.41) is 21.9. The Balaban J connectivity index is 2.27. The highest BCUT2D eigenvalue weighted by Gasteiger charge is 2.17. The van der Waals surface area contributed by atoms with Gasteiger partial charge in [0.25, 0.3) is 0 Å². The van der Waals surface area contributed by atoms with Crippen LogP contribution in [0.25, 0.3) is 0 Å². The molecular weight excluding hydrogens is 238 g/mol. The topological polar surface area (TPSA) is 112 Å². The van der Waals surface area contributed by atoms with E-state index in [1.54, 1.807) is 12.3 Å². The van der Waals surface area contributed by atoms with Gasteiger partial charge in [0.15, 0.2) is 6.04 Å². The first kappa shape index (κ1) is 13.9. The molecule has 0 fully saturated rings. The SMILES string of the molecule is O=C(NCCc1ccccn1)N[C@@H](CO)C(=O)O. The lowest BCUT2D eigenvalue weighted by Gasteiger charge is -2.12. The summed E-state index contributed by atoms with van der Waals surface area (Å²) in [5.74, 6) is -1.28. The third-order valence-electron chi connectivity index (χ3n) is 2.18. The Morgan fingerprint density at radius 3 is 2.72 bits per heavy atom. The zero-order valence-corrected chi connectivity index (χ0v) is 9.67. The summed E-state index contributed by atoms with van der Waals surface area (Å²) in [4.78, 5) is 25.9. The fourth-order valence-corrected chi connectivity index (χ4v) is 1.24. The Morgan fingerprint density at radius 2 is 2.17 bits per heavy atom. The zero-order chi connectivity index (χ0) is 13.4. The number of carboxylic acids is 1. The largest absolute Gasteiger partial charge is 0.480 e. The predicted octanol–water partition coefficient (Wildman–Crippen LogP) is -0.631. The Kier molecular flexibility index (Phi) is 5.59. The zero-order valence-electron chi connectivity index (χ0n) is 9.67. The molecule has 1 heterocycles. The van der Waals surface area contributed by atoms with E-state index >= 15 is 0 Å². The number of aromatic nitrogens is 1. The average molecular weight is 253 g/mol. The molecule has 2 amide bonds. The quantitative estimate of drug-likeness (QED) is 0.539. The first-order chi connectivity index (χ1) is 8.63. The molecule has 7 nitrogen and oxygen atoms in total. The summed E-state index contributed by atoms with van der Waals surface area (Å²) in [6.45, 7) is -0.316. The van der Waals surface area contributed by atoms with Gasteiger partial charge in [-0.25, -0.2) is 9.59 Å². The van der Waals surface area contributed by atoms with E-state index in [0.717, 1.165) is 5.69 Å². The number of rotatable bonds is 6. The number of aliphatic hydroxyl groups is 1. The molecule has 0 saturated heterocycles. The molecule has 0 saturated carbocycles. The van der Waals surface area contributed by atoms with Crippen molar-refractivity contribution in [2.75, 3.05) is 13.2 Å². The van der Waals surface area contributed by atoms with Crippen molar-refractivity contribution in [3.63, 3.8) is 0 Å². The van der Waals surface area contributed by atoms with Crippen molar-refractivity contribution in [2.24, 2.45) is 0 Å². The molecule has 0 spiro atoms. The molecule has 1 aromatic rings. The van der Waals surface area contributed by atoms with Crippen LogP contribution in [0.4, 0.5) is 4.79 Å². The van der Waals surface area contributed by atoms with E-state index < -0.39 is 24.6 Å². The van der Waals surface area contributed by atoms with Crippen LogP contribution in [0.2, 0.25) is 0 Å². The Morgan fingerprint density at radius 1 is 1.39 bits per heavy atom. The van der Waals surface area contributed by atoms with Gasteiger partial charge in [-0.1, -0.05) is 6.07 Å². The number of carbonyl (C=O) groups excluding carboxylic acids is 1. The van der Waals surface area contributed by atoms with Crippen molar-refractivity contribution in [3.05, 3.63) is 30.1 Å². The molecule has 0 unspecified atom stereocenters. The van der Waals surface area contributed by atoms with Crippen LogP contribution in [0.1, 0.15) is 5.69 Å². The smallest absolute Gasteiger partial charge is 0.328 e. The van der Waals surface area contributed by atoms with E-state index in [1.165, 1.54) is 0 Å². The highest BCUT2D eigenvalue weighted by molar-refractivity contribution is 5.82. The molecule has 1 rings (SSSR count). The Labute approximate surface area is 104 Å². The number of carbonyl (C=O) groups is 2. The second kappa shape index (κ2) is 7.23. The van der Waals surface area contributed by atoms with Crippen molar-refractivity contribution < 1.29 is 19.8 Å². The van der Waals surface area contributed by atoms with Gasteiger partial charge < -0.3 is 20.8 Å². The maximum atomic E-state index is 11.3. The van der Waals surface area contributed by atoms with Crippen LogP contribution in [0.3, 0.4) is 0 Å². The normalized spacial score (nSPS) is 11.6. The number of nitrogens with one attached hydrogen (secondary N) is 2. The summed E-state index contributed by atoms with van der Waals surface area (Å²) in [5.41, 5.74) is 0.828. The number of hydrogen-bond donors (Lipinski definition) is 4. The number of carboxylic acid groups (broad SMARTS) is 1. The maximum absolute atomic E-state index is 11.3. The number of amides is 2. The lowest BCUT2D eigenvalue weighted by Crippen LogP contribution is -2.48. The number of nitrogens with zero attached hydrogens (tertiary/aromatic N) is 1. The maximum Gasteiger partial charge on any atom is 0.328 e. The third kappa shape index (κ3) is 4.79. The van der Waals surface area contributed by atoms with Gasteiger partial charge in [0, 0.05) is 24.9 Å². The number of pyridine rings is 1. The minimum Gasteiger partial charge on any atom is -0.480 e. The highest BCUT2D eigenvalue weighted by Crippen LogP contribution is 1.93. The van der Waals surface area contributed by atoms with E-state index in [1.807, 2.05) is 12.1 Å². The fourth-order valence-electron chi connectivity index (χ4n) is 1.24. The van der Waals surface area contributed by atoms with Crippen molar-refractivity contribution in [1.29, 1.82) is 0 Å². The monoisotopic (exact) mass is 253 g/mol. The molecule has 98 valence electrons. The predicted molar refractivity (Wildman–Crippen MR) is 63.0 cm³/mol. The van der Waals surface area contributed by atoms with Crippen molar-refractivity contribution in [2.45, 2.75) is 12.5 Å². The van der Waals surface area contributed by atoms with Crippen molar-refractivity contribution in [3.8, 4) is 0 Å². The van der Waals surface area contributed by atoms with Crippen LogP contribution >= 0.6 is 0 Å². The molecule has 4 N–H and O–H groups in total. The van der Waals surface area contributed by atoms with Crippen LogP contribution in [-0.2, 0) is 11.2 Å². The first-order valence-electron chi connectivity index (χ1n) is 5.41. The van der Waals surface area contributed by atoms with Gasteiger partial charge in [-0.2, -0.15) is 0 Å². The summed E-state index contributed by atoms with van der Waals surface area (Å²) in [6, 6.07) is 3.54. The van der Waals surface area contributed by atoms with Gasteiger partial charge in [0.05, 0.1) is 6.61 Å². The summed E-state index contributed by atoms with van der Waals surface area (Å²) < 4.78 is 0. The molecule has 0 bridgehead atoms. The highest BCUT2D eigenvalue weighted by atomic mass is 16.4. The summed E-state index contributed by atoms with van der Waals surface area (Å²) >= 11 is 0. The lowest BCUT2D eigenvalue weighted by atomic mass is 10.3. The lowest BCUT2D eigenvalue weighted by molar-refractivity contribution is -0.140. The molecule has 1 atom stereocenters. The van der Waals surface area contributed by atoms with E-state index in [2.05, 4.69) is 15.6 Å². The molecule has 0 aliphatic heterocycles.